The Labute approximate surface area is 167 Å². The first-order chi connectivity index (χ1) is 13.1. The van der Waals surface area contributed by atoms with Gasteiger partial charge in [-0.2, -0.15) is 4.98 Å². The van der Waals surface area contributed by atoms with Gasteiger partial charge in [-0.15, -0.1) is 10.2 Å². The van der Waals surface area contributed by atoms with Crippen LogP contribution >= 0.6 is 11.6 Å². The molecular weight excluding hydrogens is 378 g/mol. The van der Waals surface area contributed by atoms with E-state index in [2.05, 4.69) is 30.6 Å². The molecule has 3 heterocycles. The zero-order chi connectivity index (χ0) is 18.8. The van der Waals surface area contributed by atoms with Crippen LogP contribution in [0.3, 0.4) is 0 Å². The number of rotatable bonds is 5. The molecule has 144 valence electrons. The van der Waals surface area contributed by atoms with E-state index in [-0.39, 0.29) is 13.5 Å². The largest absolute Gasteiger partial charge is 0.344 e. The number of hydrogen-bond acceptors (Lipinski definition) is 7. The molecule has 0 fully saturated rings. The van der Waals surface area contributed by atoms with E-state index < -0.39 is 0 Å². The highest BCUT2D eigenvalue weighted by atomic mass is 35.5. The molecule has 9 heteroatoms. The zero-order valence-corrected chi connectivity index (χ0v) is 15.4. The molecule has 0 unspecified atom stereocenters. The van der Waals surface area contributed by atoms with Crippen molar-refractivity contribution in [1.29, 1.82) is 0 Å². The Morgan fingerprint density at radius 2 is 1.89 bits per heavy atom. The Hall–Kier alpha value is -3.26. The molecule has 0 aliphatic rings. The average Bonchev–Trinajstić information content (AvgIpc) is 3.31. The summed E-state index contributed by atoms with van der Waals surface area (Å²) in [7, 11) is 1.89. The van der Waals surface area contributed by atoms with Crippen LogP contribution in [0, 0.1) is 0 Å². The minimum absolute atomic E-state index is 0. The summed E-state index contributed by atoms with van der Waals surface area (Å²) in [6.07, 6.45) is 3.44. The van der Waals surface area contributed by atoms with Gasteiger partial charge in [0.2, 0.25) is 5.95 Å². The van der Waals surface area contributed by atoms with Gasteiger partial charge in [0.05, 0.1) is 6.04 Å². The van der Waals surface area contributed by atoms with E-state index in [0.717, 1.165) is 17.0 Å². The van der Waals surface area contributed by atoms with Crippen LogP contribution in [0.25, 0.3) is 22.8 Å². The summed E-state index contributed by atoms with van der Waals surface area (Å²) in [4.78, 5) is 8.47. The van der Waals surface area contributed by atoms with E-state index in [1.165, 1.54) is 0 Å². The van der Waals surface area contributed by atoms with Gasteiger partial charge in [-0.25, -0.2) is 0 Å². The van der Waals surface area contributed by atoms with Crippen molar-refractivity contribution in [2.24, 2.45) is 7.05 Å². The molecule has 1 aromatic carbocycles. The fourth-order valence-corrected chi connectivity index (χ4v) is 2.81. The van der Waals surface area contributed by atoms with Crippen LogP contribution in [0.2, 0.25) is 5.02 Å². The number of benzene rings is 1. The Morgan fingerprint density at radius 3 is 2.64 bits per heavy atom. The van der Waals surface area contributed by atoms with Crippen molar-refractivity contribution in [2.45, 2.75) is 20.4 Å². The van der Waals surface area contributed by atoms with Crippen molar-refractivity contribution < 1.29 is 4.52 Å². The molecule has 0 amide bonds. The molecule has 0 saturated carbocycles. The van der Waals surface area contributed by atoms with Crippen LogP contribution in [-0.4, -0.2) is 29.9 Å². The smallest absolute Gasteiger partial charge is 0.258 e. The Kier molecular flexibility index (Phi) is 5.70. The van der Waals surface area contributed by atoms with Crippen molar-refractivity contribution in [3.8, 4) is 22.8 Å². The summed E-state index contributed by atoms with van der Waals surface area (Å²) in [5.74, 6) is 2.26. The highest BCUT2D eigenvalue weighted by molar-refractivity contribution is 6.30. The van der Waals surface area contributed by atoms with Crippen molar-refractivity contribution in [1.82, 2.24) is 29.9 Å². The average molecular weight is 398 g/mol. The SMILES string of the molecule is C.C[C@H](Nc1nnc(-c2ccncc2)n1C)c1noc(-c2cccc(Cl)c2)n1. The minimum Gasteiger partial charge on any atom is -0.344 e. The standard InChI is InChI=1S/C18H16ClN7O.CH4/c1-11(15-22-17(27-25-15)13-4-3-5-14(19)10-13)21-18-24-23-16(26(18)2)12-6-8-20-9-7-12;/h3-11H,1-2H3,(H,21,24);1H4/t11-;/m0./s1. The number of nitrogens with one attached hydrogen (secondary N) is 1. The second-order valence-electron chi connectivity index (χ2n) is 5.98. The molecule has 0 radical (unpaired) electrons. The fourth-order valence-electron chi connectivity index (χ4n) is 2.61. The highest BCUT2D eigenvalue weighted by Gasteiger charge is 2.18. The number of anilines is 1. The number of nitrogens with zero attached hydrogens (tertiary/aromatic N) is 6. The molecule has 3 aromatic heterocycles. The Morgan fingerprint density at radius 1 is 1.11 bits per heavy atom. The van der Waals surface area contributed by atoms with E-state index in [0.29, 0.717) is 22.7 Å². The molecule has 0 aliphatic carbocycles. The van der Waals surface area contributed by atoms with Gasteiger partial charge in [-0.1, -0.05) is 30.3 Å². The van der Waals surface area contributed by atoms with Crippen LogP contribution < -0.4 is 5.32 Å². The normalized spacial score (nSPS) is 11.7. The van der Waals surface area contributed by atoms with Crippen LogP contribution in [0.15, 0.2) is 53.3 Å². The summed E-state index contributed by atoms with van der Waals surface area (Å²) in [5.41, 5.74) is 1.70. The topological polar surface area (TPSA) is 94.6 Å². The van der Waals surface area contributed by atoms with Crippen molar-refractivity contribution >= 4 is 17.5 Å². The lowest BCUT2D eigenvalue weighted by Gasteiger charge is -2.10. The predicted molar refractivity (Wildman–Crippen MR) is 108 cm³/mol. The third kappa shape index (κ3) is 3.86. The number of pyridine rings is 1. The van der Waals surface area contributed by atoms with Gasteiger partial charge < -0.3 is 9.84 Å². The molecular formula is C19H20ClN7O. The van der Waals surface area contributed by atoms with E-state index in [1.54, 1.807) is 24.5 Å². The van der Waals surface area contributed by atoms with Gasteiger partial charge in [0.15, 0.2) is 11.6 Å². The fraction of sp³-hybridized carbons (Fsp3) is 0.211. The Balaban J connectivity index is 0.00000225. The molecule has 1 atom stereocenters. The third-order valence-electron chi connectivity index (χ3n) is 4.06. The first-order valence-electron chi connectivity index (χ1n) is 8.27. The maximum absolute atomic E-state index is 6.02. The van der Waals surface area contributed by atoms with Gasteiger partial charge in [-0.05, 0) is 37.3 Å². The number of halogens is 1. The molecule has 0 spiro atoms. The molecule has 8 nitrogen and oxygen atoms in total. The maximum Gasteiger partial charge on any atom is 0.258 e. The minimum atomic E-state index is -0.227. The second kappa shape index (κ2) is 8.18. The molecule has 4 aromatic rings. The maximum atomic E-state index is 6.02. The van der Waals surface area contributed by atoms with Crippen molar-refractivity contribution in [2.75, 3.05) is 5.32 Å². The first-order valence-corrected chi connectivity index (χ1v) is 8.65. The van der Waals surface area contributed by atoms with Gasteiger partial charge >= 0.3 is 0 Å². The lowest BCUT2D eigenvalue weighted by atomic mass is 10.2. The van der Waals surface area contributed by atoms with Crippen LogP contribution in [-0.2, 0) is 7.05 Å². The van der Waals surface area contributed by atoms with Gasteiger partial charge in [0.1, 0.15) is 0 Å². The second-order valence-corrected chi connectivity index (χ2v) is 6.41. The lowest BCUT2D eigenvalue weighted by molar-refractivity contribution is 0.419. The van der Waals surface area contributed by atoms with Gasteiger partial charge in [-0.3, -0.25) is 9.55 Å². The van der Waals surface area contributed by atoms with E-state index >= 15 is 0 Å². The summed E-state index contributed by atoms with van der Waals surface area (Å²) < 4.78 is 7.22. The molecule has 4 rings (SSSR count). The lowest BCUT2D eigenvalue weighted by Crippen LogP contribution is -2.12. The Bertz CT molecular complexity index is 1060. The predicted octanol–water partition coefficient (Wildman–Crippen LogP) is 4.39. The summed E-state index contributed by atoms with van der Waals surface area (Å²) in [6.45, 7) is 1.92. The summed E-state index contributed by atoms with van der Waals surface area (Å²) >= 11 is 6.02. The number of aromatic nitrogens is 6. The third-order valence-corrected chi connectivity index (χ3v) is 4.29. The van der Waals surface area contributed by atoms with E-state index in [9.17, 15) is 0 Å². The van der Waals surface area contributed by atoms with Crippen LogP contribution in [0.1, 0.15) is 26.2 Å². The van der Waals surface area contributed by atoms with Crippen molar-refractivity contribution in [3.63, 3.8) is 0 Å². The quantitative estimate of drug-likeness (QED) is 0.533. The first kappa shape index (κ1) is 19.5. The van der Waals surface area contributed by atoms with Gasteiger partial charge in [0.25, 0.3) is 5.89 Å². The summed E-state index contributed by atoms with van der Waals surface area (Å²) in [6, 6.07) is 10.8. The monoisotopic (exact) mass is 397 g/mol. The zero-order valence-electron chi connectivity index (χ0n) is 14.7. The summed E-state index contributed by atoms with van der Waals surface area (Å²) in [5, 5.41) is 16.4. The van der Waals surface area contributed by atoms with Crippen LogP contribution in [0.4, 0.5) is 5.95 Å². The highest BCUT2D eigenvalue weighted by Crippen LogP contribution is 2.24. The molecule has 0 bridgehead atoms. The number of hydrogen-bond donors (Lipinski definition) is 1. The molecule has 28 heavy (non-hydrogen) atoms. The van der Waals surface area contributed by atoms with Gasteiger partial charge in [0, 0.05) is 35.6 Å². The molecule has 0 aliphatic heterocycles. The van der Waals surface area contributed by atoms with E-state index in [4.69, 9.17) is 16.1 Å². The molecule has 1 N–H and O–H groups in total. The molecule has 0 saturated heterocycles. The van der Waals surface area contributed by atoms with Crippen molar-refractivity contribution in [3.05, 3.63) is 59.6 Å². The van der Waals surface area contributed by atoms with E-state index in [1.807, 2.05) is 42.8 Å². The van der Waals surface area contributed by atoms with Crippen LogP contribution in [0.5, 0.6) is 0 Å².